The van der Waals surface area contributed by atoms with Crippen LogP contribution in [0.2, 0.25) is 10.0 Å². The number of hydrogen-bond acceptors (Lipinski definition) is 4. The average Bonchev–Trinajstić information content (AvgIpc) is 3.19. The lowest BCUT2D eigenvalue weighted by Gasteiger charge is -2.31. The molecule has 1 unspecified atom stereocenters. The first kappa shape index (κ1) is 21.6. The number of hydrogen-bond donors (Lipinski definition) is 0. The Bertz CT molecular complexity index is 1000. The zero-order chi connectivity index (χ0) is 21.1. The summed E-state index contributed by atoms with van der Waals surface area (Å²) < 4.78 is 15.6. The summed E-state index contributed by atoms with van der Waals surface area (Å²) in [5.41, 5.74) is 1.91. The SMILES string of the molecule is CC(c1nnc(SCc2ccc(Cl)c(Cl)c2)n1-c1ccc(F)cc1)N1CCCCC1. The van der Waals surface area contributed by atoms with Crippen molar-refractivity contribution in [1.29, 1.82) is 0 Å². The highest BCUT2D eigenvalue weighted by molar-refractivity contribution is 7.98. The van der Waals surface area contributed by atoms with Gasteiger partial charge in [-0.05, 0) is 74.8 Å². The Hall–Kier alpha value is -1.60. The highest BCUT2D eigenvalue weighted by Gasteiger charge is 2.25. The van der Waals surface area contributed by atoms with Crippen LogP contribution < -0.4 is 0 Å². The van der Waals surface area contributed by atoms with E-state index in [1.165, 1.54) is 31.4 Å². The number of aromatic nitrogens is 3. The van der Waals surface area contributed by atoms with Gasteiger partial charge >= 0.3 is 0 Å². The molecule has 1 saturated heterocycles. The number of nitrogens with zero attached hydrogens (tertiary/aromatic N) is 4. The first-order valence-electron chi connectivity index (χ1n) is 10.0. The lowest BCUT2D eigenvalue weighted by atomic mass is 10.1. The number of rotatable bonds is 6. The van der Waals surface area contributed by atoms with Crippen LogP contribution in [-0.2, 0) is 5.75 Å². The van der Waals surface area contributed by atoms with Crippen LogP contribution >= 0.6 is 35.0 Å². The van der Waals surface area contributed by atoms with Crippen molar-refractivity contribution < 1.29 is 4.39 Å². The van der Waals surface area contributed by atoms with Crippen LogP contribution in [0.15, 0.2) is 47.6 Å². The summed E-state index contributed by atoms with van der Waals surface area (Å²) in [5.74, 6) is 1.29. The molecule has 1 aromatic heterocycles. The van der Waals surface area contributed by atoms with Gasteiger partial charge in [0.05, 0.1) is 16.1 Å². The lowest BCUT2D eigenvalue weighted by Crippen LogP contribution is -2.33. The molecule has 0 saturated carbocycles. The van der Waals surface area contributed by atoms with E-state index in [-0.39, 0.29) is 11.9 Å². The van der Waals surface area contributed by atoms with Gasteiger partial charge in [0.15, 0.2) is 11.0 Å². The minimum absolute atomic E-state index is 0.127. The maximum Gasteiger partial charge on any atom is 0.196 e. The Labute approximate surface area is 190 Å². The molecule has 158 valence electrons. The number of thioether (sulfide) groups is 1. The van der Waals surface area contributed by atoms with Crippen LogP contribution in [0, 0.1) is 5.82 Å². The fourth-order valence-corrected chi connectivity index (χ4v) is 4.95. The van der Waals surface area contributed by atoms with E-state index in [9.17, 15) is 4.39 Å². The molecule has 0 spiro atoms. The average molecular weight is 465 g/mol. The van der Waals surface area contributed by atoms with Gasteiger partial charge in [0, 0.05) is 11.4 Å². The lowest BCUT2D eigenvalue weighted by molar-refractivity contribution is 0.167. The third kappa shape index (κ3) is 4.83. The van der Waals surface area contributed by atoms with Gasteiger partial charge in [0.2, 0.25) is 0 Å². The van der Waals surface area contributed by atoms with Crippen LogP contribution in [-0.4, -0.2) is 32.8 Å². The summed E-state index contributed by atoms with van der Waals surface area (Å²) in [6, 6.07) is 12.2. The van der Waals surface area contributed by atoms with E-state index in [0.717, 1.165) is 35.3 Å². The zero-order valence-electron chi connectivity index (χ0n) is 16.7. The molecule has 2 aromatic carbocycles. The standard InChI is InChI=1S/C22H23Cl2FN4S/c1-15(28-11-3-2-4-12-28)21-26-27-22(29(21)18-8-6-17(25)7-9-18)30-14-16-5-10-19(23)20(24)13-16/h5-10,13,15H,2-4,11-12,14H2,1H3. The molecule has 3 aromatic rings. The Morgan fingerprint density at radius 3 is 2.43 bits per heavy atom. The largest absolute Gasteiger partial charge is 0.294 e. The van der Waals surface area contributed by atoms with E-state index < -0.39 is 0 Å². The maximum atomic E-state index is 13.5. The summed E-state index contributed by atoms with van der Waals surface area (Å²) in [6.45, 7) is 4.29. The molecule has 4 nitrogen and oxygen atoms in total. The second-order valence-corrected chi connectivity index (χ2v) is 9.22. The van der Waals surface area contributed by atoms with Gasteiger partial charge in [0.25, 0.3) is 0 Å². The van der Waals surface area contributed by atoms with Crippen molar-refractivity contribution in [2.45, 2.75) is 43.1 Å². The van der Waals surface area contributed by atoms with Gasteiger partial charge in [-0.25, -0.2) is 4.39 Å². The molecule has 1 atom stereocenters. The summed E-state index contributed by atoms with van der Waals surface area (Å²) in [7, 11) is 0. The topological polar surface area (TPSA) is 34.0 Å². The molecule has 1 aliphatic rings. The fourth-order valence-electron chi connectivity index (χ4n) is 3.72. The van der Waals surface area contributed by atoms with Gasteiger partial charge in [-0.3, -0.25) is 9.47 Å². The van der Waals surface area contributed by atoms with E-state index >= 15 is 0 Å². The minimum atomic E-state index is -0.262. The van der Waals surface area contributed by atoms with Gasteiger partial charge in [0.1, 0.15) is 5.82 Å². The van der Waals surface area contributed by atoms with Crippen LogP contribution in [0.25, 0.3) is 5.69 Å². The Balaban J connectivity index is 1.64. The van der Waals surface area contributed by atoms with Crippen LogP contribution in [0.5, 0.6) is 0 Å². The molecular weight excluding hydrogens is 442 g/mol. The van der Waals surface area contributed by atoms with Crippen molar-refractivity contribution in [3.8, 4) is 5.69 Å². The van der Waals surface area contributed by atoms with Crippen molar-refractivity contribution in [1.82, 2.24) is 19.7 Å². The number of halogens is 3. The zero-order valence-corrected chi connectivity index (χ0v) is 19.0. The van der Waals surface area contributed by atoms with Crippen molar-refractivity contribution in [3.63, 3.8) is 0 Å². The summed E-state index contributed by atoms with van der Waals surface area (Å²) in [5, 5.41) is 10.9. The predicted molar refractivity (Wildman–Crippen MR) is 121 cm³/mol. The normalized spacial score (nSPS) is 16.0. The molecule has 30 heavy (non-hydrogen) atoms. The third-order valence-corrected chi connectivity index (χ3v) is 7.15. The summed E-state index contributed by atoms with van der Waals surface area (Å²) in [6.07, 6.45) is 3.68. The second-order valence-electron chi connectivity index (χ2n) is 7.46. The summed E-state index contributed by atoms with van der Waals surface area (Å²) in [4.78, 5) is 2.45. The fraction of sp³-hybridized carbons (Fsp3) is 0.364. The van der Waals surface area contributed by atoms with E-state index in [1.807, 2.05) is 16.7 Å². The highest BCUT2D eigenvalue weighted by atomic mass is 35.5. The van der Waals surface area contributed by atoms with Gasteiger partial charge in [-0.15, -0.1) is 10.2 Å². The van der Waals surface area contributed by atoms with Gasteiger partial charge in [-0.2, -0.15) is 0 Å². The Kier molecular flexibility index (Phi) is 6.98. The molecule has 1 fully saturated rings. The van der Waals surface area contributed by atoms with Crippen LogP contribution in [0.4, 0.5) is 4.39 Å². The highest BCUT2D eigenvalue weighted by Crippen LogP contribution is 2.32. The van der Waals surface area contributed by atoms with E-state index in [2.05, 4.69) is 22.0 Å². The van der Waals surface area contributed by atoms with Crippen molar-refractivity contribution in [3.05, 3.63) is 69.7 Å². The van der Waals surface area contributed by atoms with Gasteiger partial charge in [-0.1, -0.05) is 47.5 Å². The van der Waals surface area contributed by atoms with Crippen molar-refractivity contribution in [2.75, 3.05) is 13.1 Å². The first-order chi connectivity index (χ1) is 14.5. The molecule has 4 rings (SSSR count). The molecule has 8 heteroatoms. The minimum Gasteiger partial charge on any atom is -0.294 e. The number of likely N-dealkylation sites (tertiary alicyclic amines) is 1. The molecule has 2 heterocycles. The van der Waals surface area contributed by atoms with Gasteiger partial charge < -0.3 is 0 Å². The molecule has 0 radical (unpaired) electrons. The van der Waals surface area contributed by atoms with E-state index in [1.54, 1.807) is 30.0 Å². The Morgan fingerprint density at radius 1 is 1.00 bits per heavy atom. The second kappa shape index (κ2) is 9.69. The van der Waals surface area contributed by atoms with Crippen molar-refractivity contribution >= 4 is 35.0 Å². The van der Waals surface area contributed by atoms with E-state index in [4.69, 9.17) is 23.2 Å². The molecule has 0 N–H and O–H groups in total. The molecule has 0 aliphatic carbocycles. The molecule has 0 bridgehead atoms. The maximum absolute atomic E-state index is 13.5. The van der Waals surface area contributed by atoms with E-state index in [0.29, 0.717) is 15.8 Å². The smallest absolute Gasteiger partial charge is 0.196 e. The predicted octanol–water partition coefficient (Wildman–Crippen LogP) is 6.55. The molecule has 0 amide bonds. The third-order valence-electron chi connectivity index (χ3n) is 5.41. The quantitative estimate of drug-likeness (QED) is 0.387. The molecular formula is C22H23Cl2FN4S. The first-order valence-corrected chi connectivity index (χ1v) is 11.8. The van der Waals surface area contributed by atoms with Crippen LogP contribution in [0.3, 0.4) is 0 Å². The summed E-state index contributed by atoms with van der Waals surface area (Å²) >= 11 is 13.8. The number of benzene rings is 2. The van der Waals surface area contributed by atoms with Crippen LogP contribution in [0.1, 0.15) is 43.6 Å². The monoisotopic (exact) mass is 464 g/mol. The Morgan fingerprint density at radius 2 is 1.73 bits per heavy atom. The number of piperidine rings is 1. The molecule has 1 aliphatic heterocycles. The van der Waals surface area contributed by atoms with Crippen molar-refractivity contribution in [2.24, 2.45) is 0 Å².